The molecule has 12 heteroatoms. The van der Waals surface area contributed by atoms with Crippen LogP contribution in [0.15, 0.2) is 60.7 Å². The zero-order chi connectivity index (χ0) is 25.7. The van der Waals surface area contributed by atoms with E-state index in [4.69, 9.17) is 16.3 Å². The number of benzene rings is 3. The van der Waals surface area contributed by atoms with E-state index in [2.05, 4.69) is 5.32 Å². The maximum absolute atomic E-state index is 12.9. The van der Waals surface area contributed by atoms with Gasteiger partial charge in [-0.3, -0.25) is 29.8 Å². The second kappa shape index (κ2) is 10.5. The van der Waals surface area contributed by atoms with Crippen LogP contribution < -0.4 is 5.32 Å². The first-order valence-electron chi connectivity index (χ1n) is 9.88. The maximum Gasteiger partial charge on any atom is 0.339 e. The quantitative estimate of drug-likeness (QED) is 0.206. The lowest BCUT2D eigenvalue weighted by atomic mass is 9.98. The monoisotopic (exact) mass is 497 g/mol. The maximum atomic E-state index is 12.9. The third-order valence-electron chi connectivity index (χ3n) is 4.76. The Bertz CT molecular complexity index is 1370. The molecule has 0 unspecified atom stereocenters. The van der Waals surface area contributed by atoms with Crippen molar-refractivity contribution in [2.45, 2.75) is 6.92 Å². The van der Waals surface area contributed by atoms with Crippen LogP contribution in [-0.2, 0) is 9.53 Å². The number of ether oxygens (including phenoxy) is 1. The molecule has 178 valence electrons. The predicted molar refractivity (Wildman–Crippen MR) is 125 cm³/mol. The Morgan fingerprint density at radius 1 is 0.914 bits per heavy atom. The SMILES string of the molecule is Cc1ccc(NC(=O)COC(=O)c2ccccc2C(=O)c2ccc(Cl)c([N+](=O)[O-])c2)c([N+](=O)[O-])c1. The number of nitrogens with zero attached hydrogens (tertiary/aromatic N) is 2. The minimum atomic E-state index is -1.01. The molecule has 3 aromatic carbocycles. The second-order valence-electron chi connectivity index (χ2n) is 7.20. The van der Waals surface area contributed by atoms with E-state index in [1.165, 1.54) is 48.5 Å². The number of esters is 1. The molecule has 0 aromatic heterocycles. The van der Waals surface area contributed by atoms with Crippen LogP contribution in [0.3, 0.4) is 0 Å². The van der Waals surface area contributed by atoms with Crippen LogP contribution in [0, 0.1) is 27.2 Å². The van der Waals surface area contributed by atoms with Crippen LogP contribution >= 0.6 is 11.6 Å². The van der Waals surface area contributed by atoms with Crippen molar-refractivity contribution < 1.29 is 29.0 Å². The van der Waals surface area contributed by atoms with E-state index in [9.17, 15) is 34.6 Å². The summed E-state index contributed by atoms with van der Waals surface area (Å²) in [5, 5.41) is 24.5. The molecule has 3 aromatic rings. The van der Waals surface area contributed by atoms with E-state index < -0.39 is 39.8 Å². The summed E-state index contributed by atoms with van der Waals surface area (Å²) < 4.78 is 4.99. The lowest BCUT2D eigenvalue weighted by Gasteiger charge is -2.10. The number of aryl methyl sites for hydroxylation is 1. The minimum absolute atomic E-state index is 0.0680. The molecule has 3 rings (SSSR count). The van der Waals surface area contributed by atoms with Crippen molar-refractivity contribution in [3.05, 3.63) is 108 Å². The van der Waals surface area contributed by atoms with Crippen molar-refractivity contribution >= 4 is 46.3 Å². The van der Waals surface area contributed by atoms with Gasteiger partial charge in [-0.15, -0.1) is 0 Å². The number of nitrogens with one attached hydrogen (secondary N) is 1. The number of carbonyl (C=O) groups excluding carboxylic acids is 3. The number of hydrogen-bond acceptors (Lipinski definition) is 8. The Morgan fingerprint density at radius 2 is 1.57 bits per heavy atom. The summed E-state index contributed by atoms with van der Waals surface area (Å²) in [5.74, 6) is -2.54. The van der Waals surface area contributed by atoms with Crippen LogP contribution in [0.25, 0.3) is 0 Å². The molecule has 0 aliphatic carbocycles. The van der Waals surface area contributed by atoms with Crippen LogP contribution in [0.5, 0.6) is 0 Å². The molecule has 0 spiro atoms. The second-order valence-corrected chi connectivity index (χ2v) is 7.61. The van der Waals surface area contributed by atoms with Gasteiger partial charge in [0.25, 0.3) is 17.3 Å². The Kier molecular flexibility index (Phi) is 7.52. The van der Waals surface area contributed by atoms with Gasteiger partial charge in [0.05, 0.1) is 15.4 Å². The number of ketones is 1. The Morgan fingerprint density at radius 3 is 2.23 bits per heavy atom. The molecule has 0 aliphatic heterocycles. The van der Waals surface area contributed by atoms with Gasteiger partial charge in [-0.2, -0.15) is 0 Å². The number of rotatable bonds is 8. The summed E-state index contributed by atoms with van der Waals surface area (Å²) in [5.41, 5.74) is -0.606. The number of nitro benzene ring substituents is 2. The summed E-state index contributed by atoms with van der Waals surface area (Å²) in [7, 11) is 0. The van der Waals surface area contributed by atoms with E-state index in [1.54, 1.807) is 13.0 Å². The molecule has 1 N–H and O–H groups in total. The van der Waals surface area contributed by atoms with Gasteiger partial charge in [-0.1, -0.05) is 35.9 Å². The molecule has 0 saturated heterocycles. The number of nitro groups is 2. The molecular weight excluding hydrogens is 482 g/mol. The van der Waals surface area contributed by atoms with E-state index in [0.717, 1.165) is 6.07 Å². The van der Waals surface area contributed by atoms with Crippen LogP contribution in [0.4, 0.5) is 17.1 Å². The predicted octanol–water partition coefficient (Wildman–Crippen LogP) is 4.49. The molecule has 35 heavy (non-hydrogen) atoms. The van der Waals surface area contributed by atoms with Crippen molar-refractivity contribution in [2.75, 3.05) is 11.9 Å². The van der Waals surface area contributed by atoms with Gasteiger partial charge in [0.1, 0.15) is 10.7 Å². The van der Waals surface area contributed by atoms with Gasteiger partial charge in [0.15, 0.2) is 12.4 Å². The van der Waals surface area contributed by atoms with Gasteiger partial charge in [-0.05, 0) is 36.8 Å². The highest BCUT2D eigenvalue weighted by molar-refractivity contribution is 6.33. The lowest BCUT2D eigenvalue weighted by molar-refractivity contribution is -0.384. The zero-order valence-corrected chi connectivity index (χ0v) is 18.8. The van der Waals surface area contributed by atoms with Crippen molar-refractivity contribution in [1.82, 2.24) is 0 Å². The van der Waals surface area contributed by atoms with Crippen molar-refractivity contribution in [1.29, 1.82) is 0 Å². The van der Waals surface area contributed by atoms with E-state index in [0.29, 0.717) is 5.56 Å². The molecular formula is C23H16ClN3O8. The summed E-state index contributed by atoms with van der Waals surface area (Å²) in [4.78, 5) is 58.7. The Labute approximate surface area is 202 Å². The number of anilines is 1. The van der Waals surface area contributed by atoms with E-state index >= 15 is 0 Å². The smallest absolute Gasteiger partial charge is 0.339 e. The first-order valence-corrected chi connectivity index (χ1v) is 10.3. The first-order chi connectivity index (χ1) is 16.6. The Balaban J connectivity index is 1.76. The van der Waals surface area contributed by atoms with Gasteiger partial charge in [0, 0.05) is 23.3 Å². The molecule has 0 heterocycles. The average molecular weight is 498 g/mol. The molecule has 11 nitrogen and oxygen atoms in total. The third kappa shape index (κ3) is 5.84. The normalized spacial score (nSPS) is 10.3. The number of amides is 1. The molecule has 0 aliphatic rings. The fourth-order valence-electron chi connectivity index (χ4n) is 3.10. The van der Waals surface area contributed by atoms with Gasteiger partial charge in [0.2, 0.25) is 0 Å². The molecule has 0 atom stereocenters. The van der Waals surface area contributed by atoms with Crippen molar-refractivity contribution in [2.24, 2.45) is 0 Å². The highest BCUT2D eigenvalue weighted by Crippen LogP contribution is 2.27. The standard InChI is InChI=1S/C23H16ClN3O8/c1-13-6-9-18(20(10-13)27(33)34)25-21(28)12-35-23(30)16-5-3-2-4-15(16)22(29)14-7-8-17(24)19(11-14)26(31)32/h2-11H,12H2,1H3,(H,25,28). The molecule has 0 saturated carbocycles. The van der Waals surface area contributed by atoms with Gasteiger partial charge in [-0.25, -0.2) is 4.79 Å². The minimum Gasteiger partial charge on any atom is -0.452 e. The van der Waals surface area contributed by atoms with Gasteiger partial charge < -0.3 is 10.1 Å². The summed E-state index contributed by atoms with van der Waals surface area (Å²) in [6.45, 7) is 0.875. The van der Waals surface area contributed by atoms with Crippen LogP contribution in [0.1, 0.15) is 31.8 Å². The lowest BCUT2D eigenvalue weighted by Crippen LogP contribution is -2.22. The highest BCUT2D eigenvalue weighted by Gasteiger charge is 2.23. The highest BCUT2D eigenvalue weighted by atomic mass is 35.5. The zero-order valence-electron chi connectivity index (χ0n) is 18.0. The number of halogens is 1. The summed E-state index contributed by atoms with van der Waals surface area (Å²) >= 11 is 5.78. The van der Waals surface area contributed by atoms with E-state index in [1.807, 2.05) is 0 Å². The number of carbonyl (C=O) groups is 3. The first kappa shape index (κ1) is 25.0. The van der Waals surface area contributed by atoms with Gasteiger partial charge >= 0.3 is 5.97 Å². The Hall–Kier alpha value is -4.64. The summed E-state index contributed by atoms with van der Waals surface area (Å²) in [6, 6.07) is 13.2. The summed E-state index contributed by atoms with van der Waals surface area (Å²) in [6.07, 6.45) is 0. The van der Waals surface area contributed by atoms with Crippen molar-refractivity contribution in [3.63, 3.8) is 0 Å². The molecule has 0 radical (unpaired) electrons. The largest absolute Gasteiger partial charge is 0.452 e. The molecule has 1 amide bonds. The molecule has 0 fully saturated rings. The van der Waals surface area contributed by atoms with Crippen LogP contribution in [-0.4, -0.2) is 34.1 Å². The molecule has 0 bridgehead atoms. The third-order valence-corrected chi connectivity index (χ3v) is 5.07. The van der Waals surface area contributed by atoms with Crippen molar-refractivity contribution in [3.8, 4) is 0 Å². The number of hydrogen-bond donors (Lipinski definition) is 1. The van der Waals surface area contributed by atoms with Crippen LogP contribution in [0.2, 0.25) is 5.02 Å². The van der Waals surface area contributed by atoms with E-state index in [-0.39, 0.29) is 33.1 Å². The topological polar surface area (TPSA) is 159 Å². The fourth-order valence-corrected chi connectivity index (χ4v) is 3.29. The fraction of sp³-hybridized carbons (Fsp3) is 0.0870. The average Bonchev–Trinajstić information content (AvgIpc) is 2.83.